The molecule has 1 aliphatic rings. The van der Waals surface area contributed by atoms with Crippen molar-refractivity contribution in [3.8, 4) is 0 Å². The number of carbonyl (C=O) groups excluding carboxylic acids is 2. The zero-order valence-electron chi connectivity index (χ0n) is 18.4. The number of hydrogen-bond donors (Lipinski definition) is 0. The average molecular weight is 448 g/mol. The summed E-state index contributed by atoms with van der Waals surface area (Å²) in [6, 6.07) is 6.60. The van der Waals surface area contributed by atoms with Crippen molar-refractivity contribution in [3.63, 3.8) is 0 Å². The van der Waals surface area contributed by atoms with E-state index in [9.17, 15) is 14.0 Å². The molecule has 1 fully saturated rings. The summed E-state index contributed by atoms with van der Waals surface area (Å²) in [5.41, 5.74) is 0.959. The molecule has 3 rings (SSSR count). The lowest BCUT2D eigenvalue weighted by Crippen LogP contribution is -2.50. The lowest BCUT2D eigenvalue weighted by Gasteiger charge is -2.35. The maximum Gasteiger partial charge on any atom is 0.224 e. The van der Waals surface area contributed by atoms with E-state index in [1.54, 1.807) is 24.0 Å². The molecule has 0 spiro atoms. The van der Waals surface area contributed by atoms with Gasteiger partial charge in [0.25, 0.3) is 0 Å². The van der Waals surface area contributed by atoms with E-state index in [1.165, 1.54) is 23.7 Å². The molecular formula is C22H30FN5O2S. The van der Waals surface area contributed by atoms with Gasteiger partial charge < -0.3 is 14.7 Å². The fourth-order valence-corrected chi connectivity index (χ4v) is 4.40. The number of aromatic nitrogens is 2. The molecule has 2 amide bonds. The average Bonchev–Trinajstić information content (AvgIpc) is 3.23. The van der Waals surface area contributed by atoms with Crippen LogP contribution in [0.1, 0.15) is 45.0 Å². The summed E-state index contributed by atoms with van der Waals surface area (Å²) in [4.78, 5) is 34.7. The second kappa shape index (κ2) is 10.7. The van der Waals surface area contributed by atoms with E-state index in [0.29, 0.717) is 51.4 Å². The minimum Gasteiger partial charge on any atom is -0.344 e. The molecule has 0 aliphatic carbocycles. The van der Waals surface area contributed by atoms with Gasteiger partial charge in [0.2, 0.25) is 16.9 Å². The van der Waals surface area contributed by atoms with Crippen LogP contribution in [0.5, 0.6) is 0 Å². The third kappa shape index (κ3) is 6.22. The fourth-order valence-electron chi connectivity index (χ4n) is 3.59. The Kier molecular flexibility index (Phi) is 7.95. The van der Waals surface area contributed by atoms with Crippen molar-refractivity contribution in [1.29, 1.82) is 0 Å². The molecule has 1 aromatic carbocycles. The van der Waals surface area contributed by atoms with Crippen LogP contribution in [0.3, 0.4) is 0 Å². The summed E-state index contributed by atoms with van der Waals surface area (Å²) in [7, 11) is 0. The maximum absolute atomic E-state index is 13.1. The van der Waals surface area contributed by atoms with E-state index in [-0.39, 0.29) is 23.7 Å². The van der Waals surface area contributed by atoms with Crippen LogP contribution in [0, 0.1) is 5.82 Å². The van der Waals surface area contributed by atoms with E-state index in [2.05, 4.69) is 28.1 Å². The molecule has 0 radical (unpaired) electrons. The van der Waals surface area contributed by atoms with Gasteiger partial charge >= 0.3 is 0 Å². The third-order valence-electron chi connectivity index (χ3n) is 5.75. The van der Waals surface area contributed by atoms with Crippen LogP contribution >= 0.6 is 11.5 Å². The molecule has 2 aromatic rings. The topological polar surface area (TPSA) is 69.6 Å². The molecule has 0 bridgehead atoms. The molecule has 1 unspecified atom stereocenters. The minimum absolute atomic E-state index is 0.0581. The highest BCUT2D eigenvalue weighted by atomic mass is 32.1. The van der Waals surface area contributed by atoms with Crippen molar-refractivity contribution < 1.29 is 14.0 Å². The summed E-state index contributed by atoms with van der Waals surface area (Å²) < 4.78 is 17.6. The highest BCUT2D eigenvalue weighted by Crippen LogP contribution is 2.23. The van der Waals surface area contributed by atoms with Gasteiger partial charge in [0.05, 0.1) is 0 Å². The van der Waals surface area contributed by atoms with E-state index in [0.717, 1.165) is 17.1 Å². The predicted molar refractivity (Wildman–Crippen MR) is 120 cm³/mol. The monoisotopic (exact) mass is 447 g/mol. The molecule has 9 heteroatoms. The lowest BCUT2D eigenvalue weighted by atomic mass is 10.1. The van der Waals surface area contributed by atoms with E-state index in [4.69, 9.17) is 0 Å². The highest BCUT2D eigenvalue weighted by Gasteiger charge is 2.24. The fraction of sp³-hybridized carbons (Fsp3) is 0.545. The van der Waals surface area contributed by atoms with Gasteiger partial charge in [-0.2, -0.15) is 4.37 Å². The van der Waals surface area contributed by atoms with E-state index in [1.807, 2.05) is 4.90 Å². The van der Waals surface area contributed by atoms with E-state index >= 15 is 0 Å². The van der Waals surface area contributed by atoms with Crippen LogP contribution in [-0.2, 0) is 16.0 Å². The first kappa shape index (κ1) is 23.1. The second-order valence-electron chi connectivity index (χ2n) is 7.88. The van der Waals surface area contributed by atoms with Gasteiger partial charge in [-0.15, -0.1) is 0 Å². The van der Waals surface area contributed by atoms with Gasteiger partial charge in [-0.1, -0.05) is 19.1 Å². The first-order valence-electron chi connectivity index (χ1n) is 10.7. The maximum atomic E-state index is 13.1. The third-order valence-corrected chi connectivity index (χ3v) is 6.54. The summed E-state index contributed by atoms with van der Waals surface area (Å²) >= 11 is 1.34. The molecule has 0 N–H and O–H groups in total. The van der Waals surface area contributed by atoms with Crippen molar-refractivity contribution in [2.24, 2.45) is 0 Å². The SMILES string of the molecule is CCC(C)N(CCC(=O)N1CCN(C(C)=O)CC1)c1nc(Cc2ccc(F)cc2)ns1. The van der Waals surface area contributed by atoms with Crippen LogP contribution in [0.15, 0.2) is 24.3 Å². The number of halogens is 1. The number of benzene rings is 1. The Morgan fingerprint density at radius 1 is 1.16 bits per heavy atom. The van der Waals surface area contributed by atoms with Crippen molar-refractivity contribution >= 4 is 28.5 Å². The van der Waals surface area contributed by atoms with Crippen LogP contribution in [0.2, 0.25) is 0 Å². The number of carbonyl (C=O) groups is 2. The smallest absolute Gasteiger partial charge is 0.224 e. The quantitative estimate of drug-likeness (QED) is 0.622. The van der Waals surface area contributed by atoms with Crippen LogP contribution in [-0.4, -0.2) is 69.7 Å². The Morgan fingerprint density at radius 2 is 1.81 bits per heavy atom. The molecule has 7 nitrogen and oxygen atoms in total. The molecule has 1 aromatic heterocycles. The number of rotatable bonds is 8. The summed E-state index contributed by atoms with van der Waals surface area (Å²) in [5.74, 6) is 0.605. The zero-order chi connectivity index (χ0) is 22.4. The summed E-state index contributed by atoms with van der Waals surface area (Å²) in [6.07, 6.45) is 1.88. The standard InChI is InChI=1S/C22H30FN5O2S/c1-4-16(2)28(10-9-21(30)27-13-11-26(12-14-27)17(3)29)22-24-20(25-31-22)15-18-5-7-19(23)8-6-18/h5-8,16H,4,9-15H2,1-3H3. The first-order valence-corrected chi connectivity index (χ1v) is 11.5. The van der Waals surface area contributed by atoms with Crippen LogP contribution in [0.4, 0.5) is 9.52 Å². The number of amides is 2. The largest absolute Gasteiger partial charge is 0.344 e. The van der Waals surface area contributed by atoms with Gasteiger partial charge in [-0.3, -0.25) is 9.59 Å². The first-order chi connectivity index (χ1) is 14.9. The Hall–Kier alpha value is -2.55. The molecule has 31 heavy (non-hydrogen) atoms. The summed E-state index contributed by atoms with van der Waals surface area (Å²) in [6.45, 7) is 8.74. The van der Waals surface area contributed by atoms with Crippen LogP contribution in [0.25, 0.3) is 0 Å². The Bertz CT molecular complexity index is 880. The Balaban J connectivity index is 1.59. The summed E-state index contributed by atoms with van der Waals surface area (Å²) in [5, 5.41) is 0.806. The van der Waals surface area contributed by atoms with Gasteiger partial charge in [-0.05, 0) is 31.0 Å². The van der Waals surface area contributed by atoms with Gasteiger partial charge in [-0.25, -0.2) is 9.37 Å². The molecule has 0 saturated carbocycles. The van der Waals surface area contributed by atoms with Gasteiger partial charge in [0.15, 0.2) is 0 Å². The predicted octanol–water partition coefficient (Wildman–Crippen LogP) is 2.95. The van der Waals surface area contributed by atoms with Crippen LogP contribution < -0.4 is 4.90 Å². The minimum atomic E-state index is -0.258. The lowest BCUT2D eigenvalue weighted by molar-refractivity contribution is -0.138. The van der Waals surface area contributed by atoms with E-state index < -0.39 is 0 Å². The molecular weight excluding hydrogens is 417 g/mol. The number of anilines is 1. The van der Waals surface area contributed by atoms with Crippen molar-refractivity contribution in [1.82, 2.24) is 19.2 Å². The van der Waals surface area contributed by atoms with Gasteiger partial charge in [0.1, 0.15) is 11.6 Å². The van der Waals surface area contributed by atoms with Gasteiger partial charge in [0, 0.05) is 70.1 Å². The van der Waals surface area contributed by atoms with Crippen molar-refractivity contribution in [3.05, 3.63) is 41.5 Å². The van der Waals surface area contributed by atoms with Crippen molar-refractivity contribution in [2.75, 3.05) is 37.6 Å². The van der Waals surface area contributed by atoms with Crippen molar-refractivity contribution in [2.45, 2.75) is 46.1 Å². The highest BCUT2D eigenvalue weighted by molar-refractivity contribution is 7.09. The molecule has 1 atom stereocenters. The Morgan fingerprint density at radius 3 is 2.42 bits per heavy atom. The Labute approximate surface area is 187 Å². The normalized spacial score (nSPS) is 15.1. The number of piperazine rings is 1. The molecule has 1 saturated heterocycles. The molecule has 2 heterocycles. The zero-order valence-corrected chi connectivity index (χ0v) is 19.2. The second-order valence-corrected chi connectivity index (χ2v) is 8.61. The molecule has 168 valence electrons. The number of nitrogens with zero attached hydrogens (tertiary/aromatic N) is 5. The number of hydrogen-bond acceptors (Lipinski definition) is 6. The molecule has 1 aliphatic heterocycles.